The number of carbonyl (C=O) groups excluding carboxylic acids is 1. The van der Waals surface area contributed by atoms with Crippen LogP contribution in [0.5, 0.6) is 11.5 Å². The second-order valence-electron chi connectivity index (χ2n) is 5.59. The third-order valence-corrected chi connectivity index (χ3v) is 3.46. The van der Waals surface area contributed by atoms with E-state index in [1.54, 1.807) is 0 Å². The van der Waals surface area contributed by atoms with Crippen LogP contribution in [0.4, 0.5) is 0 Å². The zero-order valence-corrected chi connectivity index (χ0v) is 12.1. The summed E-state index contributed by atoms with van der Waals surface area (Å²) in [6, 6.07) is 5.38. The van der Waals surface area contributed by atoms with Gasteiger partial charge in [-0.05, 0) is 38.0 Å². The van der Waals surface area contributed by atoms with Crippen LogP contribution in [0.3, 0.4) is 0 Å². The molecule has 1 aliphatic heterocycles. The predicted molar refractivity (Wildman–Crippen MR) is 74.8 cm³/mol. The van der Waals surface area contributed by atoms with Gasteiger partial charge in [-0.1, -0.05) is 6.07 Å². The second kappa shape index (κ2) is 5.71. The number of fused-ring (bicyclic) bond motifs is 1. The predicted octanol–water partition coefficient (Wildman–Crippen LogP) is 2.05. The van der Waals surface area contributed by atoms with Crippen molar-refractivity contribution in [1.82, 2.24) is 0 Å². The van der Waals surface area contributed by atoms with E-state index in [1.807, 2.05) is 32.0 Å². The van der Waals surface area contributed by atoms with Gasteiger partial charge in [-0.2, -0.15) is 0 Å². The normalized spacial score (nSPS) is 15.6. The molecule has 1 atom stereocenters. The average molecular weight is 279 g/mol. The van der Waals surface area contributed by atoms with Gasteiger partial charge in [0.25, 0.3) is 0 Å². The van der Waals surface area contributed by atoms with Crippen molar-refractivity contribution < 1.29 is 19.0 Å². The van der Waals surface area contributed by atoms with Crippen molar-refractivity contribution in [3.63, 3.8) is 0 Å². The molecular weight excluding hydrogens is 258 g/mol. The number of carbonyl (C=O) groups is 1. The molecule has 0 saturated carbocycles. The van der Waals surface area contributed by atoms with Crippen LogP contribution < -0.4 is 15.2 Å². The smallest absolute Gasteiger partial charge is 0.311 e. The average Bonchev–Trinajstić information content (AvgIpc) is 2.45. The molecule has 20 heavy (non-hydrogen) atoms. The third-order valence-electron chi connectivity index (χ3n) is 3.46. The molecule has 5 heteroatoms. The lowest BCUT2D eigenvalue weighted by molar-refractivity contribution is -0.151. The van der Waals surface area contributed by atoms with Crippen LogP contribution in [0.2, 0.25) is 0 Å². The minimum absolute atomic E-state index is 0.259. The second-order valence-corrected chi connectivity index (χ2v) is 5.59. The van der Waals surface area contributed by atoms with Gasteiger partial charge in [0.2, 0.25) is 0 Å². The maximum Gasteiger partial charge on any atom is 0.311 e. The Bertz CT molecular complexity index is 499. The van der Waals surface area contributed by atoms with E-state index in [1.165, 1.54) is 7.11 Å². The minimum Gasteiger partial charge on any atom is -0.486 e. The van der Waals surface area contributed by atoms with Crippen molar-refractivity contribution in [3.8, 4) is 11.5 Å². The van der Waals surface area contributed by atoms with Gasteiger partial charge in [-0.15, -0.1) is 0 Å². The highest BCUT2D eigenvalue weighted by Crippen LogP contribution is 2.35. The zero-order valence-electron chi connectivity index (χ0n) is 12.1. The molecule has 110 valence electrons. The van der Waals surface area contributed by atoms with Gasteiger partial charge >= 0.3 is 5.97 Å². The molecule has 1 heterocycles. The summed E-state index contributed by atoms with van der Waals surface area (Å²) in [7, 11) is 1.39. The third kappa shape index (κ3) is 3.04. The van der Waals surface area contributed by atoms with Crippen LogP contribution in [0.15, 0.2) is 18.2 Å². The van der Waals surface area contributed by atoms with E-state index in [-0.39, 0.29) is 12.0 Å². The van der Waals surface area contributed by atoms with Gasteiger partial charge in [0.05, 0.1) is 12.5 Å². The Morgan fingerprint density at radius 2 is 2.00 bits per heavy atom. The summed E-state index contributed by atoms with van der Waals surface area (Å²) in [4.78, 5) is 11.7. The molecule has 2 rings (SSSR count). The van der Waals surface area contributed by atoms with Crippen LogP contribution >= 0.6 is 0 Å². The lowest BCUT2D eigenvalue weighted by Gasteiger charge is -2.26. The first kappa shape index (κ1) is 14.7. The summed E-state index contributed by atoms with van der Waals surface area (Å²) >= 11 is 0. The van der Waals surface area contributed by atoms with Gasteiger partial charge in [-0.3, -0.25) is 4.79 Å². The summed E-state index contributed by atoms with van der Waals surface area (Å²) < 4.78 is 15.8. The Morgan fingerprint density at radius 3 is 2.65 bits per heavy atom. The fourth-order valence-electron chi connectivity index (χ4n) is 2.32. The van der Waals surface area contributed by atoms with E-state index in [0.717, 1.165) is 11.3 Å². The first-order valence-corrected chi connectivity index (χ1v) is 6.67. The largest absolute Gasteiger partial charge is 0.486 e. The van der Waals surface area contributed by atoms with Crippen molar-refractivity contribution in [2.75, 3.05) is 20.3 Å². The highest BCUT2D eigenvalue weighted by atomic mass is 16.6. The van der Waals surface area contributed by atoms with Gasteiger partial charge in [0.1, 0.15) is 13.2 Å². The molecule has 1 aliphatic rings. The van der Waals surface area contributed by atoms with Gasteiger partial charge in [-0.25, -0.2) is 0 Å². The Hall–Kier alpha value is -1.75. The SMILES string of the molecule is COC(=O)C(C)(C)CC(N)c1ccc2c(c1)OCCO2. The van der Waals surface area contributed by atoms with Crippen LogP contribution in [0.1, 0.15) is 31.9 Å². The first-order chi connectivity index (χ1) is 9.44. The molecule has 1 aromatic carbocycles. The molecule has 0 spiro atoms. The van der Waals surface area contributed by atoms with E-state index >= 15 is 0 Å². The molecule has 0 bridgehead atoms. The number of ether oxygens (including phenoxy) is 3. The van der Waals surface area contributed by atoms with Gasteiger partial charge < -0.3 is 19.9 Å². The topological polar surface area (TPSA) is 70.8 Å². The van der Waals surface area contributed by atoms with Crippen LogP contribution in [0.25, 0.3) is 0 Å². The molecule has 1 unspecified atom stereocenters. The number of hydrogen-bond donors (Lipinski definition) is 1. The van der Waals surface area contributed by atoms with Crippen molar-refractivity contribution in [2.45, 2.75) is 26.3 Å². The molecule has 0 saturated heterocycles. The Labute approximate surface area is 119 Å². The quantitative estimate of drug-likeness (QED) is 0.854. The maximum atomic E-state index is 11.7. The van der Waals surface area contributed by atoms with E-state index < -0.39 is 5.41 Å². The molecule has 0 aliphatic carbocycles. The summed E-state index contributed by atoms with van der Waals surface area (Å²) in [5.74, 6) is 1.19. The van der Waals surface area contributed by atoms with E-state index in [2.05, 4.69) is 0 Å². The summed E-state index contributed by atoms with van der Waals surface area (Å²) in [5, 5.41) is 0. The molecule has 0 amide bonds. The molecule has 1 aromatic rings. The Morgan fingerprint density at radius 1 is 1.35 bits per heavy atom. The van der Waals surface area contributed by atoms with E-state index in [4.69, 9.17) is 19.9 Å². The lowest BCUT2D eigenvalue weighted by atomic mass is 9.84. The highest BCUT2D eigenvalue weighted by Gasteiger charge is 2.31. The Kier molecular flexibility index (Phi) is 4.18. The first-order valence-electron chi connectivity index (χ1n) is 6.67. The summed E-state index contributed by atoms with van der Waals surface area (Å²) in [6.45, 7) is 4.76. The Balaban J connectivity index is 2.13. The molecule has 0 radical (unpaired) electrons. The lowest BCUT2D eigenvalue weighted by Crippen LogP contribution is -2.30. The maximum absolute atomic E-state index is 11.7. The van der Waals surface area contributed by atoms with Crippen LogP contribution in [0, 0.1) is 5.41 Å². The highest BCUT2D eigenvalue weighted by molar-refractivity contribution is 5.75. The van der Waals surface area contributed by atoms with Crippen LogP contribution in [-0.4, -0.2) is 26.3 Å². The number of hydrogen-bond acceptors (Lipinski definition) is 5. The monoisotopic (exact) mass is 279 g/mol. The molecule has 5 nitrogen and oxygen atoms in total. The number of methoxy groups -OCH3 is 1. The van der Waals surface area contributed by atoms with Crippen molar-refractivity contribution in [1.29, 1.82) is 0 Å². The number of esters is 1. The summed E-state index contributed by atoms with van der Waals surface area (Å²) in [6.07, 6.45) is 0.499. The summed E-state index contributed by atoms with van der Waals surface area (Å²) in [5.41, 5.74) is 6.50. The zero-order chi connectivity index (χ0) is 14.8. The fourth-order valence-corrected chi connectivity index (χ4v) is 2.32. The number of nitrogens with two attached hydrogens (primary N) is 1. The van der Waals surface area contributed by atoms with E-state index in [0.29, 0.717) is 25.4 Å². The molecule has 0 aromatic heterocycles. The van der Waals surface area contributed by atoms with Crippen molar-refractivity contribution in [3.05, 3.63) is 23.8 Å². The standard InChI is InChI=1S/C15H21NO4/c1-15(2,14(17)18-3)9-11(16)10-4-5-12-13(8-10)20-7-6-19-12/h4-5,8,11H,6-7,9,16H2,1-3H3. The molecular formula is C15H21NO4. The fraction of sp³-hybridized carbons (Fsp3) is 0.533. The number of rotatable bonds is 4. The van der Waals surface area contributed by atoms with Crippen molar-refractivity contribution in [2.24, 2.45) is 11.1 Å². The van der Waals surface area contributed by atoms with Gasteiger partial charge in [0, 0.05) is 6.04 Å². The molecule has 2 N–H and O–H groups in total. The van der Waals surface area contributed by atoms with Gasteiger partial charge in [0.15, 0.2) is 11.5 Å². The molecule has 0 fully saturated rings. The van der Waals surface area contributed by atoms with Crippen molar-refractivity contribution >= 4 is 5.97 Å². The minimum atomic E-state index is -0.624. The van der Waals surface area contributed by atoms with Crippen LogP contribution in [-0.2, 0) is 9.53 Å². The van der Waals surface area contributed by atoms with E-state index in [9.17, 15) is 4.79 Å². The number of benzene rings is 1.